The van der Waals surface area contributed by atoms with E-state index in [2.05, 4.69) is 14.7 Å². The third kappa shape index (κ3) is 5.29. The van der Waals surface area contributed by atoms with Crippen molar-refractivity contribution in [3.8, 4) is 11.5 Å². The molecule has 0 aliphatic rings. The molecule has 11 heteroatoms. The van der Waals surface area contributed by atoms with Crippen molar-refractivity contribution >= 4 is 21.2 Å². The molecule has 0 atom stereocenters. The van der Waals surface area contributed by atoms with Crippen molar-refractivity contribution in [1.82, 2.24) is 23.8 Å². The van der Waals surface area contributed by atoms with Gasteiger partial charge in [-0.3, -0.25) is 14.3 Å². The van der Waals surface area contributed by atoms with E-state index in [-0.39, 0.29) is 18.0 Å². The van der Waals surface area contributed by atoms with Crippen LogP contribution in [0, 0.1) is 0 Å². The van der Waals surface area contributed by atoms with Crippen molar-refractivity contribution in [2.45, 2.75) is 31.5 Å². The number of para-hydroxylation sites is 1. The van der Waals surface area contributed by atoms with E-state index in [1.54, 1.807) is 41.0 Å². The summed E-state index contributed by atoms with van der Waals surface area (Å²) in [5.74, 6) is 1.20. The number of rotatable bonds is 9. The lowest BCUT2D eigenvalue weighted by Crippen LogP contribution is -2.31. The Balaban J connectivity index is 1.25. The quantitative estimate of drug-likeness (QED) is 0.301. The number of sulfonamides is 1. The molecule has 0 spiro atoms. The van der Waals surface area contributed by atoms with Gasteiger partial charge in [0.2, 0.25) is 10.0 Å². The lowest BCUT2D eigenvalue weighted by molar-refractivity contribution is 0.482. The maximum Gasteiger partial charge on any atom is 0.330 e. The molecule has 0 radical (unpaired) electrons. The largest absolute Gasteiger partial charge is 0.457 e. The van der Waals surface area contributed by atoms with Crippen LogP contribution in [0.15, 0.2) is 99.7 Å². The molecule has 0 amide bonds. The van der Waals surface area contributed by atoms with Crippen molar-refractivity contribution in [2.75, 3.05) is 0 Å². The van der Waals surface area contributed by atoms with Crippen LogP contribution in [-0.4, -0.2) is 27.5 Å². The molecule has 0 aliphatic carbocycles. The SMILES string of the molecule is CCn1cnc2c1c(=O)[nH]c(=O)n2Cc1ccc(CNS(=O)(=O)c2ccc(Oc3ccccc3)cc2)cc1. The van der Waals surface area contributed by atoms with Crippen LogP contribution in [0.5, 0.6) is 11.5 Å². The van der Waals surface area contributed by atoms with Crippen LogP contribution in [0.2, 0.25) is 0 Å². The number of hydrogen-bond donors (Lipinski definition) is 2. The number of nitrogens with one attached hydrogen (secondary N) is 2. The number of imidazole rings is 1. The lowest BCUT2D eigenvalue weighted by atomic mass is 10.1. The minimum Gasteiger partial charge on any atom is -0.457 e. The average Bonchev–Trinajstić information content (AvgIpc) is 3.36. The summed E-state index contributed by atoms with van der Waals surface area (Å²) in [5, 5.41) is 0. The molecule has 0 fully saturated rings. The summed E-state index contributed by atoms with van der Waals surface area (Å²) >= 11 is 0. The van der Waals surface area contributed by atoms with E-state index in [4.69, 9.17) is 4.74 Å². The topological polar surface area (TPSA) is 128 Å². The van der Waals surface area contributed by atoms with E-state index in [1.165, 1.54) is 23.0 Å². The summed E-state index contributed by atoms with van der Waals surface area (Å²) in [4.78, 5) is 31.4. The number of nitrogens with zero attached hydrogens (tertiary/aromatic N) is 3. The highest BCUT2D eigenvalue weighted by atomic mass is 32.2. The van der Waals surface area contributed by atoms with Crippen LogP contribution in [0.25, 0.3) is 11.2 Å². The van der Waals surface area contributed by atoms with Gasteiger partial charge in [0.15, 0.2) is 11.2 Å². The Morgan fingerprint density at radius 1 is 0.895 bits per heavy atom. The maximum absolute atomic E-state index is 12.8. The van der Waals surface area contributed by atoms with Gasteiger partial charge < -0.3 is 9.30 Å². The molecule has 2 N–H and O–H groups in total. The number of benzene rings is 3. The summed E-state index contributed by atoms with van der Waals surface area (Å²) in [6.45, 7) is 2.73. The highest BCUT2D eigenvalue weighted by molar-refractivity contribution is 7.89. The standard InChI is InChI=1S/C27H25N5O5S/c1-2-31-18-28-25-24(31)26(33)30-27(34)32(25)17-20-10-8-19(9-11-20)16-29-38(35,36)23-14-12-22(13-15-23)37-21-6-4-3-5-7-21/h3-15,18,29H,2,16-17H2,1H3,(H,30,33,34). The molecule has 0 aliphatic heterocycles. The van der Waals surface area contributed by atoms with Gasteiger partial charge in [-0.25, -0.2) is 22.9 Å². The molecule has 3 aromatic carbocycles. The predicted octanol–water partition coefficient (Wildman–Crippen LogP) is 3.23. The van der Waals surface area contributed by atoms with Gasteiger partial charge in [-0.05, 0) is 54.4 Å². The third-order valence-electron chi connectivity index (χ3n) is 6.04. The van der Waals surface area contributed by atoms with Crippen LogP contribution in [-0.2, 0) is 29.7 Å². The van der Waals surface area contributed by atoms with Crippen LogP contribution >= 0.6 is 0 Å². The van der Waals surface area contributed by atoms with Crippen molar-refractivity contribution in [1.29, 1.82) is 0 Å². The van der Waals surface area contributed by atoms with Gasteiger partial charge in [-0.2, -0.15) is 0 Å². The van der Waals surface area contributed by atoms with Crippen molar-refractivity contribution in [3.63, 3.8) is 0 Å². The zero-order valence-electron chi connectivity index (χ0n) is 20.5. The Labute approximate surface area is 218 Å². The molecule has 5 rings (SSSR count). The zero-order valence-corrected chi connectivity index (χ0v) is 21.3. The highest BCUT2D eigenvalue weighted by Crippen LogP contribution is 2.22. The number of H-pyrrole nitrogens is 1. The molecule has 0 bridgehead atoms. The molecule has 0 saturated heterocycles. The number of ether oxygens (including phenoxy) is 1. The van der Waals surface area contributed by atoms with Gasteiger partial charge in [0.1, 0.15) is 11.5 Å². The number of hydrogen-bond acceptors (Lipinski definition) is 6. The van der Waals surface area contributed by atoms with E-state index in [0.29, 0.717) is 29.2 Å². The fourth-order valence-corrected chi connectivity index (χ4v) is 5.04. The highest BCUT2D eigenvalue weighted by Gasteiger charge is 2.15. The third-order valence-corrected chi connectivity index (χ3v) is 7.46. The molecular formula is C27H25N5O5S. The molecular weight excluding hydrogens is 506 g/mol. The van der Waals surface area contributed by atoms with Gasteiger partial charge in [0.25, 0.3) is 5.56 Å². The summed E-state index contributed by atoms with van der Waals surface area (Å²) in [5.41, 5.74) is 1.19. The summed E-state index contributed by atoms with van der Waals surface area (Å²) < 4.78 is 37.0. The number of fused-ring (bicyclic) bond motifs is 1. The minimum absolute atomic E-state index is 0.0919. The van der Waals surface area contributed by atoms with Gasteiger partial charge in [0, 0.05) is 13.1 Å². The number of aromatic nitrogens is 4. The predicted molar refractivity (Wildman–Crippen MR) is 143 cm³/mol. The average molecular weight is 532 g/mol. The smallest absolute Gasteiger partial charge is 0.330 e. The van der Waals surface area contributed by atoms with Gasteiger partial charge in [0.05, 0.1) is 17.8 Å². The summed E-state index contributed by atoms with van der Waals surface area (Å²) in [7, 11) is -3.74. The Hall–Kier alpha value is -4.48. The van der Waals surface area contributed by atoms with Gasteiger partial charge in [-0.15, -0.1) is 0 Å². The number of aryl methyl sites for hydroxylation is 1. The Morgan fingerprint density at radius 3 is 2.24 bits per heavy atom. The van der Waals surface area contributed by atoms with Gasteiger partial charge in [-0.1, -0.05) is 42.5 Å². The molecule has 2 aromatic heterocycles. The Bertz CT molecular complexity index is 1790. The van der Waals surface area contributed by atoms with E-state index >= 15 is 0 Å². The van der Waals surface area contributed by atoms with Crippen molar-refractivity contribution in [2.24, 2.45) is 0 Å². The van der Waals surface area contributed by atoms with E-state index in [0.717, 1.165) is 11.1 Å². The van der Waals surface area contributed by atoms with Crippen LogP contribution < -0.4 is 20.7 Å². The first kappa shape index (κ1) is 25.2. The van der Waals surface area contributed by atoms with Crippen molar-refractivity contribution < 1.29 is 13.2 Å². The first-order chi connectivity index (χ1) is 18.3. The molecule has 0 saturated carbocycles. The van der Waals surface area contributed by atoms with E-state index in [1.807, 2.05) is 37.3 Å². The summed E-state index contributed by atoms with van der Waals surface area (Å²) in [6, 6.07) is 22.6. The fraction of sp³-hybridized carbons (Fsp3) is 0.148. The molecule has 0 unspecified atom stereocenters. The van der Waals surface area contributed by atoms with E-state index < -0.39 is 21.3 Å². The second-order valence-electron chi connectivity index (χ2n) is 8.58. The molecule has 5 aromatic rings. The zero-order chi connectivity index (χ0) is 26.7. The van der Waals surface area contributed by atoms with E-state index in [9.17, 15) is 18.0 Å². The second-order valence-corrected chi connectivity index (χ2v) is 10.3. The Morgan fingerprint density at radius 2 is 1.55 bits per heavy atom. The summed E-state index contributed by atoms with van der Waals surface area (Å²) in [6.07, 6.45) is 1.54. The first-order valence-corrected chi connectivity index (χ1v) is 13.4. The van der Waals surface area contributed by atoms with Crippen LogP contribution in [0.3, 0.4) is 0 Å². The Kier molecular flexibility index (Phi) is 6.95. The molecule has 10 nitrogen and oxygen atoms in total. The first-order valence-electron chi connectivity index (χ1n) is 11.9. The van der Waals surface area contributed by atoms with Crippen molar-refractivity contribution in [3.05, 3.63) is 117 Å². The minimum atomic E-state index is -3.74. The van der Waals surface area contributed by atoms with Crippen LogP contribution in [0.4, 0.5) is 0 Å². The maximum atomic E-state index is 12.8. The number of aromatic amines is 1. The van der Waals surface area contributed by atoms with Gasteiger partial charge >= 0.3 is 5.69 Å². The molecule has 38 heavy (non-hydrogen) atoms. The lowest BCUT2D eigenvalue weighted by Gasteiger charge is -2.10. The molecule has 2 heterocycles. The monoisotopic (exact) mass is 531 g/mol. The molecule has 194 valence electrons. The fourth-order valence-electron chi connectivity index (χ4n) is 4.03. The second kappa shape index (κ2) is 10.5. The normalized spacial score (nSPS) is 11.6. The van der Waals surface area contributed by atoms with Crippen LogP contribution in [0.1, 0.15) is 18.1 Å².